The zero-order valence-electron chi connectivity index (χ0n) is 13.6. The molecule has 0 aliphatic heterocycles. The summed E-state index contributed by atoms with van der Waals surface area (Å²) in [7, 11) is 1.17. The van der Waals surface area contributed by atoms with Gasteiger partial charge in [0.1, 0.15) is 5.75 Å². The largest absolute Gasteiger partial charge is 0.506 e. The summed E-state index contributed by atoms with van der Waals surface area (Å²) >= 11 is 1.70. The van der Waals surface area contributed by atoms with Crippen LogP contribution in [-0.2, 0) is 11.2 Å². The lowest BCUT2D eigenvalue weighted by atomic mass is 10.00. The maximum atomic E-state index is 12.3. The fraction of sp³-hybridized carbons (Fsp3) is 0.222. The van der Waals surface area contributed by atoms with E-state index in [0.29, 0.717) is 17.7 Å². The summed E-state index contributed by atoms with van der Waals surface area (Å²) in [6.45, 7) is 3.89. The minimum atomic E-state index is -0.848. The van der Waals surface area contributed by atoms with Crippen molar-refractivity contribution in [2.45, 2.75) is 20.3 Å². The molecule has 0 spiro atoms. The van der Waals surface area contributed by atoms with Crippen LogP contribution in [0.4, 0.5) is 0 Å². The SMILES string of the molecule is CCc1c(-c2ccc3sc(C)cc3c2)[nH]c(=O)c(C(=O)OC)c1O. The number of thiophene rings is 1. The van der Waals surface area contributed by atoms with Crippen molar-refractivity contribution in [1.29, 1.82) is 0 Å². The number of benzene rings is 1. The first-order chi connectivity index (χ1) is 11.5. The molecule has 2 aromatic heterocycles. The van der Waals surface area contributed by atoms with Crippen LogP contribution in [0.5, 0.6) is 5.75 Å². The van der Waals surface area contributed by atoms with Crippen LogP contribution in [0, 0.1) is 6.92 Å². The number of aromatic nitrogens is 1. The third-order valence-corrected chi connectivity index (χ3v) is 4.99. The van der Waals surface area contributed by atoms with E-state index in [0.717, 1.165) is 15.6 Å². The van der Waals surface area contributed by atoms with Crippen molar-refractivity contribution < 1.29 is 14.6 Å². The van der Waals surface area contributed by atoms with E-state index in [4.69, 9.17) is 0 Å². The van der Waals surface area contributed by atoms with Gasteiger partial charge in [-0.2, -0.15) is 0 Å². The Hall–Kier alpha value is -2.60. The molecule has 3 rings (SSSR count). The predicted molar refractivity (Wildman–Crippen MR) is 95.0 cm³/mol. The number of methoxy groups -OCH3 is 1. The van der Waals surface area contributed by atoms with Crippen LogP contribution >= 0.6 is 11.3 Å². The van der Waals surface area contributed by atoms with Gasteiger partial charge in [0.25, 0.3) is 5.56 Å². The van der Waals surface area contributed by atoms with E-state index in [1.165, 1.54) is 12.0 Å². The molecule has 2 heterocycles. The lowest BCUT2D eigenvalue weighted by Crippen LogP contribution is -2.21. The highest BCUT2D eigenvalue weighted by Gasteiger charge is 2.23. The van der Waals surface area contributed by atoms with Gasteiger partial charge in [-0.1, -0.05) is 13.0 Å². The van der Waals surface area contributed by atoms with Gasteiger partial charge in [0.2, 0.25) is 0 Å². The van der Waals surface area contributed by atoms with E-state index in [2.05, 4.69) is 15.8 Å². The summed E-state index contributed by atoms with van der Waals surface area (Å²) in [5.41, 5.74) is 0.819. The summed E-state index contributed by atoms with van der Waals surface area (Å²) in [6.07, 6.45) is 0.461. The number of rotatable bonds is 3. The van der Waals surface area contributed by atoms with Crippen LogP contribution < -0.4 is 5.56 Å². The van der Waals surface area contributed by atoms with Gasteiger partial charge in [-0.15, -0.1) is 11.3 Å². The normalized spacial score (nSPS) is 11.0. The molecule has 0 saturated carbocycles. The van der Waals surface area contributed by atoms with Gasteiger partial charge in [-0.25, -0.2) is 4.79 Å². The molecule has 0 unspecified atom stereocenters. The zero-order chi connectivity index (χ0) is 17.4. The van der Waals surface area contributed by atoms with E-state index in [-0.39, 0.29) is 11.3 Å². The number of esters is 1. The van der Waals surface area contributed by atoms with Crippen LogP contribution in [0.25, 0.3) is 21.3 Å². The van der Waals surface area contributed by atoms with E-state index in [9.17, 15) is 14.7 Å². The quantitative estimate of drug-likeness (QED) is 0.712. The van der Waals surface area contributed by atoms with Crippen molar-refractivity contribution in [1.82, 2.24) is 4.98 Å². The monoisotopic (exact) mass is 343 g/mol. The molecule has 0 aliphatic rings. The second kappa shape index (κ2) is 6.13. The van der Waals surface area contributed by atoms with Crippen molar-refractivity contribution >= 4 is 27.4 Å². The fourth-order valence-electron chi connectivity index (χ4n) is 2.84. The number of pyridine rings is 1. The average molecular weight is 343 g/mol. The van der Waals surface area contributed by atoms with E-state index >= 15 is 0 Å². The lowest BCUT2D eigenvalue weighted by molar-refractivity contribution is 0.0595. The highest BCUT2D eigenvalue weighted by molar-refractivity contribution is 7.19. The van der Waals surface area contributed by atoms with Gasteiger partial charge in [-0.3, -0.25) is 4.79 Å². The highest BCUT2D eigenvalue weighted by atomic mass is 32.1. The summed E-state index contributed by atoms with van der Waals surface area (Å²) in [6, 6.07) is 7.95. The smallest absolute Gasteiger partial charge is 0.347 e. The molecule has 0 fully saturated rings. The molecule has 0 bridgehead atoms. The molecule has 0 saturated heterocycles. The number of aromatic amines is 1. The Bertz CT molecular complexity index is 1000. The van der Waals surface area contributed by atoms with E-state index < -0.39 is 11.5 Å². The van der Waals surface area contributed by atoms with Crippen molar-refractivity contribution in [3.8, 4) is 17.0 Å². The van der Waals surface area contributed by atoms with Gasteiger partial charge >= 0.3 is 5.97 Å². The van der Waals surface area contributed by atoms with Gasteiger partial charge in [0.05, 0.1) is 12.8 Å². The standard InChI is InChI=1S/C18H17NO4S/c1-4-12-15(19-17(21)14(16(12)20)18(22)23-3)10-5-6-13-11(8-10)7-9(2)24-13/h5-8H,4H2,1-3H3,(H2,19,20,21). The molecular weight excluding hydrogens is 326 g/mol. The summed E-state index contributed by atoms with van der Waals surface area (Å²) in [5.74, 6) is -1.16. The summed E-state index contributed by atoms with van der Waals surface area (Å²) < 4.78 is 5.75. The molecule has 24 heavy (non-hydrogen) atoms. The van der Waals surface area contributed by atoms with E-state index in [1.807, 2.05) is 32.0 Å². The molecule has 3 aromatic rings. The number of hydrogen-bond donors (Lipinski definition) is 2. The number of carbonyl (C=O) groups excluding carboxylic acids is 1. The number of nitrogens with one attached hydrogen (secondary N) is 1. The Morgan fingerprint density at radius 3 is 2.75 bits per heavy atom. The van der Waals surface area contributed by atoms with Crippen molar-refractivity contribution in [2.75, 3.05) is 7.11 Å². The Labute approximate surface area is 142 Å². The first-order valence-corrected chi connectivity index (χ1v) is 8.35. The summed E-state index contributed by atoms with van der Waals surface area (Å²) in [5, 5.41) is 11.5. The second-order valence-corrected chi connectivity index (χ2v) is 6.77. The maximum Gasteiger partial charge on any atom is 0.347 e. The van der Waals surface area contributed by atoms with Crippen molar-refractivity contribution in [2.24, 2.45) is 0 Å². The van der Waals surface area contributed by atoms with Crippen LogP contribution in [0.1, 0.15) is 27.7 Å². The van der Waals surface area contributed by atoms with Crippen molar-refractivity contribution in [3.05, 3.63) is 50.6 Å². The Kier molecular flexibility index (Phi) is 4.15. The van der Waals surface area contributed by atoms with Crippen LogP contribution in [0.3, 0.4) is 0 Å². The molecule has 0 amide bonds. The molecule has 6 heteroatoms. The zero-order valence-corrected chi connectivity index (χ0v) is 14.4. The number of fused-ring (bicyclic) bond motifs is 1. The molecule has 124 valence electrons. The van der Waals surface area contributed by atoms with Gasteiger partial charge < -0.3 is 14.8 Å². The Balaban J connectivity index is 2.26. The molecule has 0 aliphatic carbocycles. The number of ether oxygens (including phenoxy) is 1. The van der Waals surface area contributed by atoms with E-state index in [1.54, 1.807) is 11.3 Å². The number of hydrogen-bond acceptors (Lipinski definition) is 5. The molecule has 1 aromatic carbocycles. The molecule has 5 nitrogen and oxygen atoms in total. The fourth-order valence-corrected chi connectivity index (χ4v) is 3.75. The third kappa shape index (κ3) is 2.59. The first kappa shape index (κ1) is 16.3. The van der Waals surface area contributed by atoms with Crippen LogP contribution in [-0.4, -0.2) is 23.2 Å². The lowest BCUT2D eigenvalue weighted by Gasteiger charge is -2.12. The number of aryl methyl sites for hydroxylation is 1. The molecule has 2 N–H and O–H groups in total. The maximum absolute atomic E-state index is 12.3. The highest BCUT2D eigenvalue weighted by Crippen LogP contribution is 2.33. The Morgan fingerprint density at radius 1 is 1.33 bits per heavy atom. The number of aromatic hydroxyl groups is 1. The van der Waals surface area contributed by atoms with Crippen LogP contribution in [0.2, 0.25) is 0 Å². The van der Waals surface area contributed by atoms with Gasteiger partial charge in [0, 0.05) is 15.1 Å². The third-order valence-electron chi connectivity index (χ3n) is 3.96. The van der Waals surface area contributed by atoms with Gasteiger partial charge in [-0.05, 0) is 42.5 Å². The summed E-state index contributed by atoms with van der Waals surface area (Å²) in [4.78, 5) is 27.9. The molecule has 0 radical (unpaired) electrons. The minimum Gasteiger partial charge on any atom is -0.506 e. The van der Waals surface area contributed by atoms with Gasteiger partial charge in [0.15, 0.2) is 5.56 Å². The number of carbonyl (C=O) groups is 1. The predicted octanol–water partition coefficient (Wildman–Crippen LogP) is 3.62. The average Bonchev–Trinajstić information content (AvgIpc) is 2.93. The second-order valence-electron chi connectivity index (χ2n) is 5.49. The van der Waals surface area contributed by atoms with Crippen molar-refractivity contribution in [3.63, 3.8) is 0 Å². The topological polar surface area (TPSA) is 79.4 Å². The molecule has 0 atom stereocenters. The number of H-pyrrole nitrogens is 1. The molecular formula is C18H17NO4S. The first-order valence-electron chi connectivity index (χ1n) is 7.53. The Morgan fingerprint density at radius 2 is 2.08 bits per heavy atom. The minimum absolute atomic E-state index is 0.315. The van der Waals surface area contributed by atoms with Crippen LogP contribution in [0.15, 0.2) is 29.1 Å².